The molecule has 24 heavy (non-hydrogen) atoms. The van der Waals surface area contributed by atoms with Crippen molar-refractivity contribution in [2.75, 3.05) is 6.61 Å². The van der Waals surface area contributed by atoms with Crippen molar-refractivity contribution in [1.82, 2.24) is 9.38 Å². The van der Waals surface area contributed by atoms with E-state index in [1.54, 1.807) is 12.4 Å². The van der Waals surface area contributed by atoms with E-state index in [1.807, 2.05) is 23.6 Å². The number of hydrogen-bond acceptors (Lipinski definition) is 3. The van der Waals surface area contributed by atoms with Crippen molar-refractivity contribution < 1.29 is 9.53 Å². The number of ether oxygens (including phenoxy) is 1. The van der Waals surface area contributed by atoms with Crippen molar-refractivity contribution in [2.24, 2.45) is 0 Å². The summed E-state index contributed by atoms with van der Waals surface area (Å²) in [6, 6.07) is 10.4. The Bertz CT molecular complexity index is 834. The molecule has 0 spiro atoms. The highest BCUT2D eigenvalue weighted by Crippen LogP contribution is 2.26. The lowest BCUT2D eigenvalue weighted by molar-refractivity contribution is 0.0526. The van der Waals surface area contributed by atoms with Gasteiger partial charge in [-0.1, -0.05) is 37.6 Å². The van der Waals surface area contributed by atoms with Gasteiger partial charge in [-0.15, -0.1) is 0 Å². The van der Waals surface area contributed by atoms with E-state index in [1.165, 1.54) is 18.4 Å². The van der Waals surface area contributed by atoms with Gasteiger partial charge < -0.3 is 9.14 Å². The van der Waals surface area contributed by atoms with Gasteiger partial charge >= 0.3 is 5.97 Å². The van der Waals surface area contributed by atoms with Crippen LogP contribution in [0.2, 0.25) is 0 Å². The molecule has 0 bridgehead atoms. The molecule has 0 amide bonds. The highest BCUT2D eigenvalue weighted by Gasteiger charge is 2.13. The first-order valence-corrected chi connectivity index (χ1v) is 8.46. The van der Waals surface area contributed by atoms with Crippen LogP contribution in [0.15, 0.2) is 48.9 Å². The van der Waals surface area contributed by atoms with Crippen LogP contribution in [-0.4, -0.2) is 22.0 Å². The second-order valence-electron chi connectivity index (χ2n) is 5.82. The highest BCUT2D eigenvalue weighted by atomic mass is 16.5. The highest BCUT2D eigenvalue weighted by molar-refractivity contribution is 5.93. The van der Waals surface area contributed by atoms with Gasteiger partial charge in [-0.3, -0.25) is 0 Å². The monoisotopic (exact) mass is 322 g/mol. The number of unbranched alkanes of at least 4 members (excludes halogenated alkanes) is 1. The van der Waals surface area contributed by atoms with Crippen LogP contribution in [0.1, 0.15) is 42.6 Å². The number of pyridine rings is 1. The van der Waals surface area contributed by atoms with Gasteiger partial charge in [-0.25, -0.2) is 9.78 Å². The number of carbonyl (C=O) groups excluding carboxylic acids is 1. The Hall–Kier alpha value is -2.62. The Morgan fingerprint density at radius 1 is 1.21 bits per heavy atom. The maximum absolute atomic E-state index is 12.1. The smallest absolute Gasteiger partial charge is 0.339 e. The fourth-order valence-electron chi connectivity index (χ4n) is 2.80. The molecule has 0 aliphatic rings. The molecule has 0 unspecified atom stereocenters. The topological polar surface area (TPSA) is 43.6 Å². The molecule has 4 nitrogen and oxygen atoms in total. The number of nitrogens with zero attached hydrogens (tertiary/aromatic N) is 2. The fraction of sp³-hybridized carbons (Fsp3) is 0.300. The number of hydrogen-bond donors (Lipinski definition) is 0. The summed E-state index contributed by atoms with van der Waals surface area (Å²) in [4.78, 5) is 16.5. The van der Waals surface area contributed by atoms with Gasteiger partial charge in [0.05, 0.1) is 12.2 Å². The number of fused-ring (bicyclic) bond motifs is 1. The van der Waals surface area contributed by atoms with E-state index in [9.17, 15) is 4.79 Å². The predicted molar refractivity (Wildman–Crippen MR) is 95.2 cm³/mol. The number of aromatic nitrogens is 2. The van der Waals surface area contributed by atoms with Gasteiger partial charge in [0.15, 0.2) is 0 Å². The first-order valence-electron chi connectivity index (χ1n) is 8.46. The number of benzene rings is 1. The Morgan fingerprint density at radius 2 is 2.00 bits per heavy atom. The molecule has 3 rings (SSSR count). The first kappa shape index (κ1) is 16.2. The Labute approximate surface area is 142 Å². The van der Waals surface area contributed by atoms with E-state index in [0.29, 0.717) is 12.2 Å². The van der Waals surface area contributed by atoms with E-state index < -0.39 is 0 Å². The SMILES string of the molecule is CCCCc1ccc(-c2cc(C(=O)OCC)cn3ccnc23)cc1. The summed E-state index contributed by atoms with van der Waals surface area (Å²) in [5.74, 6) is -0.311. The molecule has 1 aromatic carbocycles. The van der Waals surface area contributed by atoms with Crippen LogP contribution in [0.3, 0.4) is 0 Å². The maximum atomic E-state index is 12.1. The van der Waals surface area contributed by atoms with Crippen LogP contribution in [0.5, 0.6) is 0 Å². The third-order valence-corrected chi connectivity index (χ3v) is 4.08. The van der Waals surface area contributed by atoms with Crippen molar-refractivity contribution in [1.29, 1.82) is 0 Å². The van der Waals surface area contributed by atoms with Gasteiger partial charge in [0, 0.05) is 24.2 Å². The quantitative estimate of drug-likeness (QED) is 0.627. The number of esters is 1. The number of aryl methyl sites for hydroxylation is 1. The van der Waals surface area contributed by atoms with Gasteiger partial charge in [0.2, 0.25) is 0 Å². The summed E-state index contributed by atoms with van der Waals surface area (Å²) in [7, 11) is 0. The second-order valence-corrected chi connectivity index (χ2v) is 5.82. The Morgan fingerprint density at radius 3 is 2.71 bits per heavy atom. The minimum atomic E-state index is -0.311. The number of carbonyl (C=O) groups is 1. The molecule has 0 aliphatic carbocycles. The minimum absolute atomic E-state index is 0.311. The summed E-state index contributed by atoms with van der Waals surface area (Å²) in [5.41, 5.74) is 4.70. The van der Waals surface area contributed by atoms with E-state index in [0.717, 1.165) is 23.2 Å². The maximum Gasteiger partial charge on any atom is 0.339 e. The average molecular weight is 322 g/mol. The summed E-state index contributed by atoms with van der Waals surface area (Å²) < 4.78 is 7.00. The lowest BCUT2D eigenvalue weighted by Crippen LogP contribution is -2.06. The van der Waals surface area contributed by atoms with Crippen molar-refractivity contribution in [3.8, 4) is 11.1 Å². The number of imidazole rings is 1. The molecule has 0 aliphatic heterocycles. The Balaban J connectivity index is 2.01. The lowest BCUT2D eigenvalue weighted by Gasteiger charge is -2.09. The van der Waals surface area contributed by atoms with Crippen molar-refractivity contribution in [3.05, 3.63) is 60.0 Å². The summed E-state index contributed by atoms with van der Waals surface area (Å²) in [6.45, 7) is 4.37. The van der Waals surface area contributed by atoms with Crippen molar-refractivity contribution in [3.63, 3.8) is 0 Å². The molecule has 0 saturated carbocycles. The lowest BCUT2D eigenvalue weighted by atomic mass is 10.0. The summed E-state index contributed by atoms with van der Waals surface area (Å²) >= 11 is 0. The van der Waals surface area contributed by atoms with Crippen molar-refractivity contribution in [2.45, 2.75) is 33.1 Å². The van der Waals surface area contributed by atoms with Crippen LogP contribution < -0.4 is 0 Å². The molecule has 4 heteroatoms. The molecule has 0 saturated heterocycles. The molecular formula is C20H22N2O2. The van der Waals surface area contributed by atoms with Crippen molar-refractivity contribution >= 4 is 11.6 Å². The molecule has 0 fully saturated rings. The largest absolute Gasteiger partial charge is 0.462 e. The van der Waals surface area contributed by atoms with Gasteiger partial charge in [-0.05, 0) is 37.0 Å². The zero-order valence-corrected chi connectivity index (χ0v) is 14.2. The first-order chi connectivity index (χ1) is 11.7. The second kappa shape index (κ2) is 7.30. The van der Waals surface area contributed by atoms with E-state index >= 15 is 0 Å². The van der Waals surface area contributed by atoms with Crippen LogP contribution in [-0.2, 0) is 11.2 Å². The van der Waals surface area contributed by atoms with Gasteiger partial charge in [0.25, 0.3) is 0 Å². The number of rotatable bonds is 6. The average Bonchev–Trinajstić information content (AvgIpc) is 3.08. The minimum Gasteiger partial charge on any atom is -0.462 e. The third-order valence-electron chi connectivity index (χ3n) is 4.08. The zero-order valence-electron chi connectivity index (χ0n) is 14.2. The zero-order chi connectivity index (χ0) is 16.9. The molecule has 3 aromatic rings. The van der Waals surface area contributed by atoms with E-state index in [4.69, 9.17) is 4.74 Å². The van der Waals surface area contributed by atoms with E-state index in [2.05, 4.69) is 36.2 Å². The standard InChI is InChI=1S/C20H22N2O2/c1-3-5-6-15-7-9-16(10-8-15)18-13-17(20(23)24-4-2)14-22-12-11-21-19(18)22/h7-14H,3-6H2,1-2H3. The predicted octanol–water partition coefficient (Wildman–Crippen LogP) is 4.52. The summed E-state index contributed by atoms with van der Waals surface area (Å²) in [6.07, 6.45) is 8.83. The molecule has 0 radical (unpaired) electrons. The summed E-state index contributed by atoms with van der Waals surface area (Å²) in [5, 5.41) is 0. The molecule has 2 aromatic heterocycles. The Kier molecular flexibility index (Phi) is 4.94. The van der Waals surface area contributed by atoms with Crippen LogP contribution in [0.25, 0.3) is 16.8 Å². The fourth-order valence-corrected chi connectivity index (χ4v) is 2.80. The molecule has 0 N–H and O–H groups in total. The van der Waals surface area contributed by atoms with Gasteiger partial charge in [0.1, 0.15) is 5.65 Å². The van der Waals surface area contributed by atoms with Crippen LogP contribution in [0.4, 0.5) is 0 Å². The van der Waals surface area contributed by atoms with Crippen LogP contribution in [0, 0.1) is 0 Å². The van der Waals surface area contributed by atoms with Gasteiger partial charge in [-0.2, -0.15) is 0 Å². The molecule has 2 heterocycles. The normalized spacial score (nSPS) is 10.9. The van der Waals surface area contributed by atoms with E-state index in [-0.39, 0.29) is 5.97 Å². The molecular weight excluding hydrogens is 300 g/mol. The molecule has 0 atom stereocenters. The van der Waals surface area contributed by atoms with Crippen LogP contribution >= 0.6 is 0 Å². The molecule has 124 valence electrons. The third kappa shape index (κ3) is 3.32.